The standard InChI is InChI=1S/C27H19ClN4O/c28-21-13-7-8-14-22(21)32-27(33)29-20-15-16-23-24(17-20)31-26(19-11-5-2-6-12-19)25(30-23)18-9-3-1-4-10-18/h1-17H,(H2,29,32,33). The number of carbonyl (C=O) groups is 1. The van der Waals surface area contributed by atoms with Gasteiger partial charge in [0.05, 0.1) is 33.1 Å². The summed E-state index contributed by atoms with van der Waals surface area (Å²) < 4.78 is 0. The fourth-order valence-corrected chi connectivity index (χ4v) is 3.76. The predicted octanol–water partition coefficient (Wildman–Crippen LogP) is 7.26. The quantitative estimate of drug-likeness (QED) is 0.302. The first-order valence-corrected chi connectivity index (χ1v) is 10.8. The van der Waals surface area contributed by atoms with Crippen LogP contribution in [0.1, 0.15) is 0 Å². The lowest BCUT2D eigenvalue weighted by molar-refractivity contribution is 0.262. The minimum atomic E-state index is -0.389. The average Bonchev–Trinajstić information content (AvgIpc) is 2.86. The van der Waals surface area contributed by atoms with E-state index in [2.05, 4.69) is 10.6 Å². The predicted molar refractivity (Wildman–Crippen MR) is 135 cm³/mol. The Morgan fingerprint density at radius 1 is 0.636 bits per heavy atom. The number of carbonyl (C=O) groups excluding carboxylic acids is 1. The second kappa shape index (κ2) is 9.10. The molecule has 0 aliphatic carbocycles. The number of hydrogen-bond donors (Lipinski definition) is 2. The zero-order valence-electron chi connectivity index (χ0n) is 17.5. The SMILES string of the molecule is O=C(Nc1ccc2nc(-c3ccccc3)c(-c3ccccc3)nc2c1)Nc1ccccc1Cl. The maximum absolute atomic E-state index is 12.5. The van der Waals surface area contributed by atoms with Crippen LogP contribution in [0, 0.1) is 0 Å². The normalized spacial score (nSPS) is 10.7. The van der Waals surface area contributed by atoms with Crippen LogP contribution < -0.4 is 10.6 Å². The van der Waals surface area contributed by atoms with Gasteiger partial charge in [-0.2, -0.15) is 0 Å². The summed E-state index contributed by atoms with van der Waals surface area (Å²) in [6.45, 7) is 0. The Bertz CT molecular complexity index is 1440. The van der Waals surface area contributed by atoms with Crippen LogP contribution in [0.4, 0.5) is 16.2 Å². The van der Waals surface area contributed by atoms with Crippen molar-refractivity contribution >= 4 is 40.0 Å². The van der Waals surface area contributed by atoms with Gasteiger partial charge in [0.15, 0.2) is 0 Å². The second-order valence-corrected chi connectivity index (χ2v) is 7.82. The van der Waals surface area contributed by atoms with Gasteiger partial charge in [-0.15, -0.1) is 0 Å². The van der Waals surface area contributed by atoms with E-state index in [1.165, 1.54) is 0 Å². The Hall–Kier alpha value is -4.22. The van der Waals surface area contributed by atoms with Gasteiger partial charge in [0, 0.05) is 16.8 Å². The van der Waals surface area contributed by atoms with Crippen molar-refractivity contribution in [1.82, 2.24) is 9.97 Å². The Morgan fingerprint density at radius 2 is 1.21 bits per heavy atom. The first-order valence-electron chi connectivity index (χ1n) is 10.4. The Labute approximate surface area is 196 Å². The van der Waals surface area contributed by atoms with E-state index in [-0.39, 0.29) is 6.03 Å². The number of halogens is 1. The van der Waals surface area contributed by atoms with Crippen LogP contribution >= 0.6 is 11.6 Å². The minimum Gasteiger partial charge on any atom is -0.308 e. The molecule has 160 valence electrons. The largest absolute Gasteiger partial charge is 0.323 e. The van der Waals surface area contributed by atoms with E-state index in [9.17, 15) is 4.79 Å². The Kier molecular flexibility index (Phi) is 5.70. The van der Waals surface area contributed by atoms with Gasteiger partial charge < -0.3 is 10.6 Å². The molecule has 1 heterocycles. The van der Waals surface area contributed by atoms with Crippen molar-refractivity contribution in [1.29, 1.82) is 0 Å². The van der Waals surface area contributed by atoms with E-state index >= 15 is 0 Å². The van der Waals surface area contributed by atoms with Gasteiger partial charge in [-0.3, -0.25) is 0 Å². The lowest BCUT2D eigenvalue weighted by Crippen LogP contribution is -2.19. The number of hydrogen-bond acceptors (Lipinski definition) is 3. The molecule has 0 radical (unpaired) electrons. The molecule has 5 aromatic rings. The molecular weight excluding hydrogens is 432 g/mol. The monoisotopic (exact) mass is 450 g/mol. The highest BCUT2D eigenvalue weighted by Crippen LogP contribution is 2.31. The smallest absolute Gasteiger partial charge is 0.308 e. The average molecular weight is 451 g/mol. The number of nitrogens with one attached hydrogen (secondary N) is 2. The van der Waals surface area contributed by atoms with E-state index in [0.29, 0.717) is 21.9 Å². The zero-order valence-corrected chi connectivity index (χ0v) is 18.3. The van der Waals surface area contributed by atoms with Crippen molar-refractivity contribution < 1.29 is 4.79 Å². The fourth-order valence-electron chi connectivity index (χ4n) is 3.57. The highest BCUT2D eigenvalue weighted by Gasteiger charge is 2.14. The van der Waals surface area contributed by atoms with Gasteiger partial charge in [-0.05, 0) is 30.3 Å². The van der Waals surface area contributed by atoms with Crippen molar-refractivity contribution in [2.24, 2.45) is 0 Å². The van der Waals surface area contributed by atoms with Crippen LogP contribution in [0.15, 0.2) is 103 Å². The van der Waals surface area contributed by atoms with Crippen molar-refractivity contribution in [2.45, 2.75) is 0 Å². The number of nitrogens with zero attached hydrogens (tertiary/aromatic N) is 2. The molecule has 0 spiro atoms. The molecule has 0 fully saturated rings. The third-order valence-electron chi connectivity index (χ3n) is 5.14. The van der Waals surface area contributed by atoms with Crippen LogP contribution in [0.5, 0.6) is 0 Å². The summed E-state index contributed by atoms with van der Waals surface area (Å²) in [6.07, 6.45) is 0. The molecule has 0 saturated heterocycles. The summed E-state index contributed by atoms with van der Waals surface area (Å²) in [5.41, 5.74) is 6.13. The number of urea groups is 1. The summed E-state index contributed by atoms with van der Waals surface area (Å²) in [7, 11) is 0. The molecule has 0 bridgehead atoms. The zero-order chi connectivity index (χ0) is 22.6. The van der Waals surface area contributed by atoms with Crippen LogP contribution in [0.2, 0.25) is 5.02 Å². The number of benzene rings is 4. The molecule has 0 aliphatic rings. The topological polar surface area (TPSA) is 66.9 Å². The molecule has 2 amide bonds. The highest BCUT2D eigenvalue weighted by atomic mass is 35.5. The van der Waals surface area contributed by atoms with E-state index in [1.807, 2.05) is 78.9 Å². The number of aromatic nitrogens is 2. The molecule has 5 rings (SSSR count). The van der Waals surface area contributed by atoms with E-state index in [4.69, 9.17) is 21.6 Å². The van der Waals surface area contributed by atoms with Crippen LogP contribution in [-0.4, -0.2) is 16.0 Å². The molecular formula is C27H19ClN4O. The molecule has 6 heteroatoms. The summed E-state index contributed by atoms with van der Waals surface area (Å²) in [4.78, 5) is 22.3. The maximum Gasteiger partial charge on any atom is 0.323 e. The summed E-state index contributed by atoms with van der Waals surface area (Å²) >= 11 is 6.13. The van der Waals surface area contributed by atoms with Crippen molar-refractivity contribution in [3.05, 3.63) is 108 Å². The van der Waals surface area contributed by atoms with E-state index < -0.39 is 0 Å². The summed E-state index contributed by atoms with van der Waals surface area (Å²) in [5.74, 6) is 0. The first kappa shape index (κ1) is 20.7. The fraction of sp³-hybridized carbons (Fsp3) is 0. The third kappa shape index (κ3) is 4.54. The Morgan fingerprint density at radius 3 is 1.85 bits per heavy atom. The molecule has 33 heavy (non-hydrogen) atoms. The van der Waals surface area contributed by atoms with Gasteiger partial charge in [-0.1, -0.05) is 84.4 Å². The van der Waals surface area contributed by atoms with Crippen molar-refractivity contribution in [3.63, 3.8) is 0 Å². The van der Waals surface area contributed by atoms with Crippen LogP contribution in [0.3, 0.4) is 0 Å². The first-order chi connectivity index (χ1) is 16.2. The van der Waals surface area contributed by atoms with Crippen molar-refractivity contribution in [3.8, 4) is 22.5 Å². The molecule has 2 N–H and O–H groups in total. The lowest BCUT2D eigenvalue weighted by atomic mass is 10.0. The molecule has 4 aromatic carbocycles. The number of amides is 2. The maximum atomic E-state index is 12.5. The van der Waals surface area contributed by atoms with Gasteiger partial charge in [0.2, 0.25) is 0 Å². The molecule has 0 aliphatic heterocycles. The Balaban J connectivity index is 1.51. The third-order valence-corrected chi connectivity index (χ3v) is 5.47. The van der Waals surface area contributed by atoms with Crippen molar-refractivity contribution in [2.75, 3.05) is 10.6 Å². The highest BCUT2D eigenvalue weighted by molar-refractivity contribution is 6.33. The minimum absolute atomic E-state index is 0.389. The second-order valence-electron chi connectivity index (χ2n) is 7.42. The van der Waals surface area contributed by atoms with Crippen LogP contribution in [0.25, 0.3) is 33.5 Å². The van der Waals surface area contributed by atoms with Gasteiger partial charge in [-0.25, -0.2) is 14.8 Å². The summed E-state index contributed by atoms with van der Waals surface area (Å²) in [6, 6.07) is 32.1. The molecule has 0 atom stereocenters. The molecule has 0 saturated carbocycles. The molecule has 1 aromatic heterocycles. The van der Waals surface area contributed by atoms with Gasteiger partial charge in [0.25, 0.3) is 0 Å². The van der Waals surface area contributed by atoms with Crippen LogP contribution in [-0.2, 0) is 0 Å². The van der Waals surface area contributed by atoms with Gasteiger partial charge >= 0.3 is 6.03 Å². The number of para-hydroxylation sites is 1. The van der Waals surface area contributed by atoms with Gasteiger partial charge in [0.1, 0.15) is 0 Å². The molecule has 5 nitrogen and oxygen atoms in total. The number of rotatable bonds is 4. The number of fused-ring (bicyclic) bond motifs is 1. The molecule has 0 unspecified atom stereocenters. The van der Waals surface area contributed by atoms with E-state index in [1.54, 1.807) is 24.3 Å². The lowest BCUT2D eigenvalue weighted by Gasteiger charge is -2.12. The summed E-state index contributed by atoms with van der Waals surface area (Å²) in [5, 5.41) is 6.07. The van der Waals surface area contributed by atoms with E-state index in [0.717, 1.165) is 28.0 Å². The number of anilines is 2.